The first kappa shape index (κ1) is 18.9. The Morgan fingerprint density at radius 3 is 2.54 bits per heavy atom. The molecule has 0 radical (unpaired) electrons. The first-order chi connectivity index (χ1) is 12.5. The Hall–Kier alpha value is -1.90. The van der Waals surface area contributed by atoms with Crippen LogP contribution in [0.5, 0.6) is 5.75 Å². The van der Waals surface area contributed by atoms with Gasteiger partial charge in [-0.15, -0.1) is 0 Å². The fraction of sp³-hybridized carbons (Fsp3) is 0.500. The van der Waals surface area contributed by atoms with E-state index in [1.807, 2.05) is 32.0 Å². The molecule has 2 aromatic rings. The van der Waals surface area contributed by atoms with Gasteiger partial charge in [0.25, 0.3) is 0 Å². The molecule has 0 amide bonds. The van der Waals surface area contributed by atoms with E-state index in [1.165, 1.54) is 11.8 Å². The standard InChI is InChI=1S/C18H26N4O3S/c1-4-22-15(2)18(13-19-22)26(23,24)21-10-8-20(9-11-21)14-16-6-5-7-17(12-16)25-3/h5-7,12-13H,4,8-11,14H2,1-3H3. The van der Waals surface area contributed by atoms with Crippen LogP contribution in [0.25, 0.3) is 0 Å². The van der Waals surface area contributed by atoms with Crippen molar-refractivity contribution in [3.63, 3.8) is 0 Å². The van der Waals surface area contributed by atoms with Crippen molar-refractivity contribution in [1.29, 1.82) is 0 Å². The van der Waals surface area contributed by atoms with Crippen molar-refractivity contribution in [3.8, 4) is 5.75 Å². The van der Waals surface area contributed by atoms with E-state index < -0.39 is 10.0 Å². The third-order valence-electron chi connectivity index (χ3n) is 4.85. The molecule has 1 saturated heterocycles. The molecule has 26 heavy (non-hydrogen) atoms. The molecule has 142 valence electrons. The van der Waals surface area contributed by atoms with E-state index in [0.717, 1.165) is 12.3 Å². The highest BCUT2D eigenvalue weighted by molar-refractivity contribution is 7.89. The normalized spacial score (nSPS) is 16.7. The largest absolute Gasteiger partial charge is 0.497 e. The van der Waals surface area contributed by atoms with Gasteiger partial charge in [0.15, 0.2) is 0 Å². The summed E-state index contributed by atoms with van der Waals surface area (Å²) >= 11 is 0. The predicted molar refractivity (Wildman–Crippen MR) is 99.7 cm³/mol. The van der Waals surface area contributed by atoms with Gasteiger partial charge in [-0.2, -0.15) is 9.40 Å². The number of hydrogen-bond donors (Lipinski definition) is 0. The van der Waals surface area contributed by atoms with E-state index in [4.69, 9.17) is 4.74 Å². The number of methoxy groups -OCH3 is 1. The molecule has 1 aromatic carbocycles. The molecule has 7 nitrogen and oxygen atoms in total. The van der Waals surface area contributed by atoms with E-state index in [2.05, 4.69) is 16.1 Å². The number of aromatic nitrogens is 2. The van der Waals surface area contributed by atoms with Crippen LogP contribution in [0.4, 0.5) is 0 Å². The van der Waals surface area contributed by atoms with Crippen molar-refractivity contribution >= 4 is 10.0 Å². The van der Waals surface area contributed by atoms with Gasteiger partial charge in [0.2, 0.25) is 10.0 Å². The van der Waals surface area contributed by atoms with Crippen LogP contribution in [0.2, 0.25) is 0 Å². The summed E-state index contributed by atoms with van der Waals surface area (Å²) in [6.07, 6.45) is 1.47. The van der Waals surface area contributed by atoms with Crippen LogP contribution in [0.15, 0.2) is 35.4 Å². The quantitative estimate of drug-likeness (QED) is 0.766. The lowest BCUT2D eigenvalue weighted by molar-refractivity contribution is 0.181. The minimum atomic E-state index is -3.49. The summed E-state index contributed by atoms with van der Waals surface area (Å²) in [7, 11) is -1.83. The Kier molecular flexibility index (Phi) is 5.64. The Morgan fingerprint density at radius 2 is 1.92 bits per heavy atom. The van der Waals surface area contributed by atoms with Gasteiger partial charge in [0.05, 0.1) is 19.0 Å². The van der Waals surface area contributed by atoms with Gasteiger partial charge in [-0.25, -0.2) is 8.42 Å². The minimum Gasteiger partial charge on any atom is -0.497 e. The Balaban J connectivity index is 1.65. The average molecular weight is 378 g/mol. The van der Waals surface area contributed by atoms with E-state index in [9.17, 15) is 8.42 Å². The fourth-order valence-electron chi connectivity index (χ4n) is 3.30. The molecule has 1 aromatic heterocycles. The number of rotatable bonds is 6. The number of piperazine rings is 1. The highest BCUT2D eigenvalue weighted by atomic mass is 32.2. The Labute approximate surface area is 155 Å². The molecular formula is C18H26N4O3S. The topological polar surface area (TPSA) is 67.7 Å². The minimum absolute atomic E-state index is 0.320. The summed E-state index contributed by atoms with van der Waals surface area (Å²) in [6.45, 7) is 7.60. The van der Waals surface area contributed by atoms with Crippen molar-refractivity contribution in [2.45, 2.75) is 31.8 Å². The second-order valence-corrected chi connectivity index (χ2v) is 8.35. The second-order valence-electron chi connectivity index (χ2n) is 6.44. The maximum Gasteiger partial charge on any atom is 0.246 e. The van der Waals surface area contributed by atoms with Gasteiger partial charge in [-0.3, -0.25) is 9.58 Å². The van der Waals surface area contributed by atoms with Crippen molar-refractivity contribution in [2.24, 2.45) is 0 Å². The van der Waals surface area contributed by atoms with Crippen LogP contribution in [-0.4, -0.2) is 60.7 Å². The third kappa shape index (κ3) is 3.77. The van der Waals surface area contributed by atoms with Crippen molar-refractivity contribution in [3.05, 3.63) is 41.7 Å². The highest BCUT2D eigenvalue weighted by Gasteiger charge is 2.31. The van der Waals surface area contributed by atoms with Crippen LogP contribution < -0.4 is 4.74 Å². The monoisotopic (exact) mass is 378 g/mol. The summed E-state index contributed by atoms with van der Waals surface area (Å²) in [5.41, 5.74) is 1.87. The lowest BCUT2D eigenvalue weighted by Gasteiger charge is -2.33. The van der Waals surface area contributed by atoms with Crippen LogP contribution >= 0.6 is 0 Å². The second kappa shape index (κ2) is 7.77. The zero-order valence-electron chi connectivity index (χ0n) is 15.6. The summed E-state index contributed by atoms with van der Waals surface area (Å²) in [6, 6.07) is 7.98. The lowest BCUT2D eigenvalue weighted by Crippen LogP contribution is -2.48. The maximum absolute atomic E-state index is 12.9. The predicted octanol–water partition coefficient (Wildman–Crippen LogP) is 1.73. The third-order valence-corrected chi connectivity index (χ3v) is 6.85. The first-order valence-electron chi connectivity index (χ1n) is 8.83. The molecule has 0 bridgehead atoms. The zero-order valence-corrected chi connectivity index (χ0v) is 16.4. The maximum atomic E-state index is 12.9. The SMILES string of the molecule is CCn1ncc(S(=O)(=O)N2CCN(Cc3cccc(OC)c3)CC2)c1C. The van der Waals surface area contributed by atoms with Crippen molar-refractivity contribution in [1.82, 2.24) is 19.0 Å². The Morgan fingerprint density at radius 1 is 1.19 bits per heavy atom. The molecule has 1 fully saturated rings. The number of nitrogens with zero attached hydrogens (tertiary/aromatic N) is 4. The highest BCUT2D eigenvalue weighted by Crippen LogP contribution is 2.22. The molecule has 0 saturated carbocycles. The van der Waals surface area contributed by atoms with Gasteiger partial charge >= 0.3 is 0 Å². The summed E-state index contributed by atoms with van der Waals surface area (Å²) in [5, 5.41) is 4.17. The molecule has 0 aliphatic carbocycles. The van der Waals surface area contributed by atoms with Gasteiger partial charge in [0, 0.05) is 39.3 Å². The number of hydrogen-bond acceptors (Lipinski definition) is 5. The van der Waals surface area contributed by atoms with E-state index in [1.54, 1.807) is 16.1 Å². The van der Waals surface area contributed by atoms with E-state index in [-0.39, 0.29) is 0 Å². The van der Waals surface area contributed by atoms with Gasteiger partial charge in [-0.05, 0) is 31.5 Å². The van der Waals surface area contributed by atoms with Gasteiger partial charge in [-0.1, -0.05) is 12.1 Å². The van der Waals surface area contributed by atoms with Crippen molar-refractivity contribution in [2.75, 3.05) is 33.3 Å². The molecule has 0 N–H and O–H groups in total. The molecule has 1 aliphatic heterocycles. The summed E-state index contributed by atoms with van der Waals surface area (Å²) in [4.78, 5) is 2.59. The molecule has 2 heterocycles. The van der Waals surface area contributed by atoms with Crippen LogP contribution in [-0.2, 0) is 23.1 Å². The molecule has 3 rings (SSSR count). The van der Waals surface area contributed by atoms with E-state index in [0.29, 0.717) is 43.3 Å². The summed E-state index contributed by atoms with van der Waals surface area (Å²) in [5.74, 6) is 0.840. The smallest absolute Gasteiger partial charge is 0.246 e. The number of sulfonamides is 1. The summed E-state index contributed by atoms with van der Waals surface area (Å²) < 4.78 is 34.4. The average Bonchev–Trinajstić information content (AvgIpc) is 3.03. The molecule has 0 unspecified atom stereocenters. The molecule has 0 atom stereocenters. The number of benzene rings is 1. The lowest BCUT2D eigenvalue weighted by atomic mass is 10.2. The van der Waals surface area contributed by atoms with Gasteiger partial charge < -0.3 is 4.74 Å². The molecule has 0 spiro atoms. The zero-order chi connectivity index (χ0) is 18.7. The van der Waals surface area contributed by atoms with Gasteiger partial charge in [0.1, 0.15) is 10.6 Å². The Bertz CT molecular complexity index is 855. The number of ether oxygens (including phenoxy) is 1. The molecule has 8 heteroatoms. The first-order valence-corrected chi connectivity index (χ1v) is 10.3. The van der Waals surface area contributed by atoms with Crippen molar-refractivity contribution < 1.29 is 13.2 Å². The van der Waals surface area contributed by atoms with E-state index >= 15 is 0 Å². The fourth-order valence-corrected chi connectivity index (χ4v) is 4.88. The molecule has 1 aliphatic rings. The number of aryl methyl sites for hydroxylation is 1. The van der Waals surface area contributed by atoms with Crippen LogP contribution in [0.1, 0.15) is 18.2 Å². The van der Waals surface area contributed by atoms with Crippen LogP contribution in [0.3, 0.4) is 0 Å². The molecular weight excluding hydrogens is 352 g/mol. The van der Waals surface area contributed by atoms with Crippen LogP contribution in [0, 0.1) is 6.92 Å².